The Bertz CT molecular complexity index is 1490. The van der Waals surface area contributed by atoms with Crippen molar-refractivity contribution in [2.45, 2.75) is 17.6 Å². The number of fused-ring (bicyclic) bond motifs is 1. The number of carbonyl (C=O) groups excluding carboxylic acids is 1. The number of hydrogen-bond donors (Lipinski definition) is 2. The molecule has 2 N–H and O–H groups in total. The molecular formula is C21H19N5O5S2. The van der Waals surface area contributed by atoms with Gasteiger partial charge in [-0.05, 0) is 48.9 Å². The van der Waals surface area contributed by atoms with E-state index in [2.05, 4.69) is 15.3 Å². The summed E-state index contributed by atoms with van der Waals surface area (Å²) in [6.07, 6.45) is 3.37. The van der Waals surface area contributed by atoms with Crippen LogP contribution in [0.5, 0.6) is 5.75 Å². The van der Waals surface area contributed by atoms with Crippen LogP contribution in [0.4, 0.5) is 10.5 Å². The van der Waals surface area contributed by atoms with Crippen molar-refractivity contribution in [1.29, 1.82) is 0 Å². The lowest BCUT2D eigenvalue weighted by Crippen LogP contribution is -2.34. The normalized spacial score (nSPS) is 11.3. The minimum Gasteiger partial charge on any atom is -0.497 e. The molecule has 0 bridgehead atoms. The van der Waals surface area contributed by atoms with Gasteiger partial charge in [0.25, 0.3) is 15.6 Å². The minimum absolute atomic E-state index is 0.0581. The summed E-state index contributed by atoms with van der Waals surface area (Å²) in [5.41, 5.74) is 0.429. The second-order valence-corrected chi connectivity index (χ2v) is 9.92. The van der Waals surface area contributed by atoms with Crippen molar-refractivity contribution in [3.63, 3.8) is 0 Å². The maximum Gasteiger partial charge on any atom is 0.333 e. The second kappa shape index (κ2) is 9.00. The third kappa shape index (κ3) is 4.71. The number of anilines is 1. The highest BCUT2D eigenvalue weighted by atomic mass is 32.2. The number of pyridine rings is 1. The molecule has 0 aliphatic rings. The maximum absolute atomic E-state index is 12.9. The largest absolute Gasteiger partial charge is 0.497 e. The Balaban J connectivity index is 1.51. The average Bonchev–Trinajstić information content (AvgIpc) is 3.30. The summed E-state index contributed by atoms with van der Waals surface area (Å²) in [4.78, 5) is 34.4. The molecule has 0 atom stereocenters. The van der Waals surface area contributed by atoms with Crippen molar-refractivity contribution in [3.05, 3.63) is 70.2 Å². The van der Waals surface area contributed by atoms with Gasteiger partial charge in [0.15, 0.2) is 0 Å². The number of hydrogen-bond acceptors (Lipinski definition) is 8. The number of aromatic nitrogens is 3. The zero-order chi connectivity index (χ0) is 23.6. The molecule has 3 heterocycles. The molecule has 0 unspecified atom stereocenters. The number of benzene rings is 1. The highest BCUT2D eigenvalue weighted by Crippen LogP contribution is 2.22. The molecule has 0 aliphatic heterocycles. The quantitative estimate of drug-likeness (QED) is 0.429. The molecular weight excluding hydrogens is 466 g/mol. The van der Waals surface area contributed by atoms with Crippen LogP contribution in [0.15, 0.2) is 64.0 Å². The van der Waals surface area contributed by atoms with Crippen molar-refractivity contribution in [3.8, 4) is 11.6 Å². The van der Waals surface area contributed by atoms with E-state index in [0.717, 1.165) is 16.2 Å². The van der Waals surface area contributed by atoms with Gasteiger partial charge in [-0.3, -0.25) is 9.36 Å². The Morgan fingerprint density at radius 3 is 2.64 bits per heavy atom. The van der Waals surface area contributed by atoms with Crippen molar-refractivity contribution in [2.24, 2.45) is 0 Å². The van der Waals surface area contributed by atoms with E-state index in [-0.39, 0.29) is 21.3 Å². The Kier molecular flexibility index (Phi) is 6.11. The molecule has 10 nitrogen and oxygen atoms in total. The summed E-state index contributed by atoms with van der Waals surface area (Å²) in [6, 6.07) is 10.2. The number of urea groups is 1. The van der Waals surface area contributed by atoms with E-state index in [0.29, 0.717) is 23.1 Å². The van der Waals surface area contributed by atoms with Crippen molar-refractivity contribution in [1.82, 2.24) is 19.3 Å². The molecule has 0 fully saturated rings. The van der Waals surface area contributed by atoms with E-state index in [9.17, 15) is 18.0 Å². The van der Waals surface area contributed by atoms with Gasteiger partial charge in [-0.15, -0.1) is 11.3 Å². The Labute approximate surface area is 192 Å². The lowest BCUT2D eigenvalue weighted by molar-refractivity contribution is 0.256. The summed E-state index contributed by atoms with van der Waals surface area (Å²) < 4.78 is 33.2. The van der Waals surface area contributed by atoms with Gasteiger partial charge >= 0.3 is 6.03 Å². The standard InChI is InChI=1S/C21H19N5O5S2/c1-3-15-6-9-19(32-15)33(29,30)25-21(28)24-13-4-8-18(22-11-13)26-12-23-17-7-5-14(31-2)10-16(17)20(26)27/h4-12H,3H2,1-2H3,(H2,24,25,28). The Morgan fingerprint density at radius 2 is 1.97 bits per heavy atom. The molecule has 0 spiro atoms. The molecule has 2 amide bonds. The predicted octanol–water partition coefficient (Wildman–Crippen LogP) is 2.92. The fourth-order valence-corrected chi connectivity index (χ4v) is 5.22. The number of ether oxygens (including phenoxy) is 1. The lowest BCUT2D eigenvalue weighted by Gasteiger charge is -2.09. The van der Waals surface area contributed by atoms with Crippen LogP contribution in [0, 0.1) is 0 Å². The number of rotatable bonds is 6. The van der Waals surface area contributed by atoms with Crippen molar-refractivity contribution < 1.29 is 17.9 Å². The first-order valence-electron chi connectivity index (χ1n) is 9.75. The molecule has 0 aliphatic carbocycles. The topological polar surface area (TPSA) is 132 Å². The number of methoxy groups -OCH3 is 1. The zero-order valence-electron chi connectivity index (χ0n) is 17.6. The van der Waals surface area contributed by atoms with Crippen LogP contribution in [0.3, 0.4) is 0 Å². The number of nitrogens with one attached hydrogen (secondary N) is 2. The van der Waals surface area contributed by atoms with Crippen LogP contribution in [0.2, 0.25) is 0 Å². The first kappa shape index (κ1) is 22.4. The van der Waals surface area contributed by atoms with Crippen LogP contribution in [0.25, 0.3) is 16.7 Å². The van der Waals surface area contributed by atoms with Crippen LogP contribution in [-0.2, 0) is 16.4 Å². The molecule has 0 saturated heterocycles. The van der Waals surface area contributed by atoms with E-state index < -0.39 is 16.1 Å². The van der Waals surface area contributed by atoms with Crippen molar-refractivity contribution in [2.75, 3.05) is 12.4 Å². The molecule has 12 heteroatoms. The highest BCUT2D eigenvalue weighted by molar-refractivity contribution is 7.92. The first-order chi connectivity index (χ1) is 15.8. The zero-order valence-corrected chi connectivity index (χ0v) is 19.2. The van der Waals surface area contributed by atoms with Crippen molar-refractivity contribution >= 4 is 44.0 Å². The van der Waals surface area contributed by atoms with Crippen LogP contribution in [-0.4, -0.2) is 36.1 Å². The number of thiophene rings is 1. The molecule has 0 saturated carbocycles. The van der Waals surface area contributed by atoms with Crippen LogP contribution < -0.4 is 20.3 Å². The highest BCUT2D eigenvalue weighted by Gasteiger charge is 2.20. The third-order valence-corrected chi connectivity index (χ3v) is 7.75. The summed E-state index contributed by atoms with van der Waals surface area (Å²) in [5, 5.41) is 2.79. The molecule has 4 rings (SSSR count). The van der Waals surface area contributed by atoms with E-state index in [1.165, 1.54) is 42.4 Å². The monoisotopic (exact) mass is 485 g/mol. The van der Waals surface area contributed by atoms with E-state index >= 15 is 0 Å². The lowest BCUT2D eigenvalue weighted by atomic mass is 10.2. The van der Waals surface area contributed by atoms with E-state index in [1.54, 1.807) is 24.3 Å². The maximum atomic E-state index is 12.9. The van der Waals surface area contributed by atoms with E-state index in [4.69, 9.17) is 4.74 Å². The number of aryl methyl sites for hydroxylation is 1. The van der Waals surface area contributed by atoms with Gasteiger partial charge in [0.1, 0.15) is 22.1 Å². The van der Waals surface area contributed by atoms with Crippen LogP contribution in [0.1, 0.15) is 11.8 Å². The minimum atomic E-state index is -3.98. The van der Waals surface area contributed by atoms with Gasteiger partial charge in [0.05, 0.1) is 29.9 Å². The Morgan fingerprint density at radius 1 is 1.15 bits per heavy atom. The first-order valence-corrected chi connectivity index (χ1v) is 12.0. The molecule has 1 aromatic carbocycles. The molecule has 170 valence electrons. The molecule has 3 aromatic heterocycles. The number of sulfonamides is 1. The number of carbonyl (C=O) groups is 1. The third-order valence-electron chi connectivity index (χ3n) is 4.70. The summed E-state index contributed by atoms with van der Waals surface area (Å²) in [5.74, 6) is 0.808. The smallest absolute Gasteiger partial charge is 0.333 e. The number of nitrogens with zero attached hydrogens (tertiary/aromatic N) is 3. The van der Waals surface area contributed by atoms with Gasteiger partial charge in [-0.2, -0.15) is 0 Å². The van der Waals surface area contributed by atoms with Crippen LogP contribution >= 0.6 is 11.3 Å². The molecule has 0 radical (unpaired) electrons. The fraction of sp³-hybridized carbons (Fsp3) is 0.143. The average molecular weight is 486 g/mol. The summed E-state index contributed by atoms with van der Waals surface area (Å²) in [6.45, 7) is 1.91. The van der Waals surface area contributed by atoms with Gasteiger partial charge in [0.2, 0.25) is 0 Å². The Hall–Kier alpha value is -3.77. The van der Waals surface area contributed by atoms with Gasteiger partial charge in [0, 0.05) is 4.88 Å². The van der Waals surface area contributed by atoms with Gasteiger partial charge in [-0.25, -0.2) is 27.9 Å². The fourth-order valence-electron chi connectivity index (χ4n) is 3.02. The summed E-state index contributed by atoms with van der Waals surface area (Å²) >= 11 is 1.10. The van der Waals surface area contributed by atoms with E-state index in [1.807, 2.05) is 11.6 Å². The second-order valence-electron chi connectivity index (χ2n) is 6.84. The van der Waals surface area contributed by atoms with Gasteiger partial charge < -0.3 is 10.1 Å². The molecule has 33 heavy (non-hydrogen) atoms. The summed E-state index contributed by atoms with van der Waals surface area (Å²) in [7, 11) is -2.47. The SMILES string of the molecule is CCc1ccc(S(=O)(=O)NC(=O)Nc2ccc(-n3cnc4ccc(OC)cc4c3=O)nc2)s1. The number of amides is 2. The predicted molar refractivity (Wildman–Crippen MR) is 125 cm³/mol. The molecule has 4 aromatic rings. The van der Waals surface area contributed by atoms with Gasteiger partial charge in [-0.1, -0.05) is 6.92 Å².